The van der Waals surface area contributed by atoms with Crippen molar-refractivity contribution in [3.8, 4) is 0 Å². The average Bonchev–Trinajstić information content (AvgIpc) is 3.18. The Balaban J connectivity index is 4.27. The molecule has 0 rings (SSSR count). The molecule has 0 saturated heterocycles. The minimum absolute atomic E-state index is 0.180. The zero-order chi connectivity index (χ0) is 42.8. The van der Waals surface area contributed by atoms with Crippen molar-refractivity contribution < 1.29 is 42.9 Å². The lowest BCUT2D eigenvalue weighted by Gasteiger charge is -2.25. The van der Waals surface area contributed by atoms with Gasteiger partial charge in [0.2, 0.25) is 0 Å². The van der Waals surface area contributed by atoms with Crippen molar-refractivity contribution in [1.82, 2.24) is 0 Å². The first-order valence-corrected chi connectivity index (χ1v) is 24.4. The summed E-state index contributed by atoms with van der Waals surface area (Å²) in [5.41, 5.74) is 0. The minimum atomic E-state index is -1.51. The normalized spacial score (nSPS) is 12.9. The number of carbonyl (C=O) groups is 3. The number of nitrogens with zero attached hydrogens (tertiary/aromatic N) is 1. The minimum Gasteiger partial charge on any atom is -0.477 e. The van der Waals surface area contributed by atoms with Gasteiger partial charge in [0.15, 0.2) is 6.10 Å². The standard InChI is InChI=1S/C49H93NO8/c1-6-8-10-12-14-16-18-20-21-22-23-24-25-26-27-28-30-31-33-35-37-39-46(51)56-43-45(44-57-49(48(53)54)55-42-41-50(3,4)5)58-47(52)40-38-36-34-32-29-19-17-15-13-11-9-7-2/h15,17,45,49H,6-14,16,18-44H2,1-5H3/p+1/b17-15-. The van der Waals surface area contributed by atoms with E-state index in [1.165, 1.54) is 141 Å². The van der Waals surface area contributed by atoms with Crippen molar-refractivity contribution in [1.29, 1.82) is 0 Å². The topological polar surface area (TPSA) is 108 Å². The van der Waals surface area contributed by atoms with E-state index in [1.807, 2.05) is 21.1 Å². The lowest BCUT2D eigenvalue weighted by atomic mass is 10.0. The third kappa shape index (κ3) is 42.2. The van der Waals surface area contributed by atoms with Crippen LogP contribution in [0.3, 0.4) is 0 Å². The Hall–Kier alpha value is -1.97. The lowest BCUT2D eigenvalue weighted by Crippen LogP contribution is -2.40. The smallest absolute Gasteiger partial charge is 0.361 e. The number of ether oxygens (including phenoxy) is 4. The number of rotatable bonds is 45. The highest BCUT2D eigenvalue weighted by atomic mass is 16.7. The maximum Gasteiger partial charge on any atom is 0.361 e. The fourth-order valence-corrected chi connectivity index (χ4v) is 6.95. The molecule has 0 aromatic heterocycles. The van der Waals surface area contributed by atoms with E-state index < -0.39 is 24.3 Å². The van der Waals surface area contributed by atoms with Crippen molar-refractivity contribution in [3.63, 3.8) is 0 Å². The van der Waals surface area contributed by atoms with Crippen LogP contribution in [0.4, 0.5) is 0 Å². The Kier molecular flexibility index (Phi) is 40.3. The third-order valence-electron chi connectivity index (χ3n) is 10.8. The van der Waals surface area contributed by atoms with Gasteiger partial charge < -0.3 is 28.5 Å². The van der Waals surface area contributed by atoms with Gasteiger partial charge in [0.1, 0.15) is 13.2 Å². The largest absolute Gasteiger partial charge is 0.477 e. The van der Waals surface area contributed by atoms with Crippen LogP contribution in [-0.4, -0.2) is 87.4 Å². The van der Waals surface area contributed by atoms with Crippen molar-refractivity contribution in [3.05, 3.63) is 12.2 Å². The van der Waals surface area contributed by atoms with Crippen LogP contribution in [0.1, 0.15) is 226 Å². The molecule has 0 aromatic rings. The van der Waals surface area contributed by atoms with E-state index in [2.05, 4.69) is 26.0 Å². The number of hydrogen-bond donors (Lipinski definition) is 1. The van der Waals surface area contributed by atoms with Crippen molar-refractivity contribution >= 4 is 17.9 Å². The number of aliphatic carboxylic acids is 1. The second-order valence-electron chi connectivity index (χ2n) is 17.8. The average molecular weight is 825 g/mol. The molecule has 0 aliphatic carbocycles. The Morgan fingerprint density at radius 2 is 0.879 bits per heavy atom. The first kappa shape index (κ1) is 56.0. The molecule has 342 valence electrons. The maximum atomic E-state index is 12.7. The summed E-state index contributed by atoms with van der Waals surface area (Å²) in [6.07, 6.45) is 41.3. The molecule has 0 saturated carbocycles. The predicted octanol–water partition coefficient (Wildman–Crippen LogP) is 13.1. The highest BCUT2D eigenvalue weighted by molar-refractivity contribution is 5.71. The Morgan fingerprint density at radius 1 is 0.500 bits per heavy atom. The molecule has 2 unspecified atom stereocenters. The molecule has 0 aliphatic rings. The van der Waals surface area contributed by atoms with Gasteiger partial charge in [-0.15, -0.1) is 0 Å². The quantitative estimate of drug-likeness (QED) is 0.0213. The van der Waals surface area contributed by atoms with Crippen molar-refractivity contribution in [2.24, 2.45) is 0 Å². The number of allylic oxidation sites excluding steroid dienone is 2. The summed E-state index contributed by atoms with van der Waals surface area (Å²) in [6, 6.07) is 0. The molecule has 0 aliphatic heterocycles. The molecule has 0 spiro atoms. The molecule has 1 N–H and O–H groups in total. The van der Waals surface area contributed by atoms with E-state index in [-0.39, 0.29) is 32.2 Å². The number of unbranched alkanes of at least 4 members (excludes halogenated alkanes) is 28. The molecule has 0 heterocycles. The highest BCUT2D eigenvalue weighted by Crippen LogP contribution is 2.16. The number of carboxylic acid groups (broad SMARTS) is 1. The molecule has 2 atom stereocenters. The first-order valence-electron chi connectivity index (χ1n) is 24.4. The fraction of sp³-hybridized carbons (Fsp3) is 0.898. The molecule has 0 amide bonds. The molecule has 58 heavy (non-hydrogen) atoms. The van der Waals surface area contributed by atoms with E-state index in [0.29, 0.717) is 23.9 Å². The lowest BCUT2D eigenvalue weighted by molar-refractivity contribution is -0.870. The zero-order valence-electron chi connectivity index (χ0n) is 38.7. The molecular weight excluding hydrogens is 731 g/mol. The van der Waals surface area contributed by atoms with E-state index >= 15 is 0 Å². The second-order valence-corrected chi connectivity index (χ2v) is 17.8. The predicted molar refractivity (Wildman–Crippen MR) is 240 cm³/mol. The van der Waals surface area contributed by atoms with Crippen LogP contribution in [0.25, 0.3) is 0 Å². The maximum absolute atomic E-state index is 12.7. The van der Waals surface area contributed by atoms with Gasteiger partial charge in [0.25, 0.3) is 6.29 Å². The number of carbonyl (C=O) groups excluding carboxylic acids is 2. The third-order valence-corrected chi connectivity index (χ3v) is 10.8. The SMILES string of the molecule is CCCCC/C=C\CCCCCCCC(=O)OC(COC(=O)CCCCCCCCCCCCCCCCCCCCCCC)COC(OCC[N+](C)(C)C)C(=O)O. The summed E-state index contributed by atoms with van der Waals surface area (Å²) in [4.78, 5) is 37.1. The summed E-state index contributed by atoms with van der Waals surface area (Å²) in [6.45, 7) is 4.86. The molecule has 0 bridgehead atoms. The number of carboxylic acids is 1. The summed E-state index contributed by atoms with van der Waals surface area (Å²) >= 11 is 0. The van der Waals surface area contributed by atoms with Crippen LogP contribution in [0.15, 0.2) is 12.2 Å². The first-order chi connectivity index (χ1) is 28.1. The number of quaternary nitrogens is 1. The van der Waals surface area contributed by atoms with Gasteiger partial charge in [-0.3, -0.25) is 9.59 Å². The molecular formula is C49H94NO8+. The Morgan fingerprint density at radius 3 is 1.31 bits per heavy atom. The zero-order valence-corrected chi connectivity index (χ0v) is 38.7. The summed E-state index contributed by atoms with van der Waals surface area (Å²) in [5.74, 6) is -2.00. The summed E-state index contributed by atoms with van der Waals surface area (Å²) in [5, 5.41) is 9.64. The van der Waals surface area contributed by atoms with Gasteiger partial charge >= 0.3 is 17.9 Å². The van der Waals surface area contributed by atoms with Gasteiger partial charge in [0, 0.05) is 12.8 Å². The Bertz CT molecular complexity index is 965. The van der Waals surface area contributed by atoms with E-state index in [0.717, 1.165) is 51.4 Å². The van der Waals surface area contributed by atoms with Crippen LogP contribution in [0.2, 0.25) is 0 Å². The van der Waals surface area contributed by atoms with E-state index in [9.17, 15) is 19.5 Å². The van der Waals surface area contributed by atoms with Crippen molar-refractivity contribution in [2.45, 2.75) is 238 Å². The van der Waals surface area contributed by atoms with E-state index in [4.69, 9.17) is 18.9 Å². The Labute approximate surface area is 357 Å². The highest BCUT2D eigenvalue weighted by Gasteiger charge is 2.25. The second kappa shape index (κ2) is 41.8. The number of hydrogen-bond acceptors (Lipinski definition) is 7. The van der Waals surface area contributed by atoms with Crippen molar-refractivity contribution in [2.75, 3.05) is 47.5 Å². The van der Waals surface area contributed by atoms with Gasteiger partial charge in [-0.1, -0.05) is 187 Å². The van der Waals surface area contributed by atoms with E-state index in [1.54, 1.807) is 0 Å². The molecule has 9 nitrogen and oxygen atoms in total. The van der Waals surface area contributed by atoms with Gasteiger partial charge in [-0.05, 0) is 38.5 Å². The van der Waals surface area contributed by atoms with Crippen LogP contribution in [-0.2, 0) is 33.3 Å². The number of likely N-dealkylation sites (N-methyl/N-ethyl adjacent to an activating group) is 1. The molecule has 0 aromatic carbocycles. The van der Waals surface area contributed by atoms with Crippen LogP contribution in [0.5, 0.6) is 0 Å². The fourth-order valence-electron chi connectivity index (χ4n) is 6.95. The molecule has 0 fully saturated rings. The van der Waals surface area contributed by atoms with Gasteiger partial charge in [0.05, 0.1) is 34.4 Å². The van der Waals surface area contributed by atoms with Gasteiger partial charge in [-0.2, -0.15) is 0 Å². The van der Waals surface area contributed by atoms with Crippen LogP contribution in [0, 0.1) is 0 Å². The van der Waals surface area contributed by atoms with Crippen LogP contribution >= 0.6 is 0 Å². The number of esters is 2. The molecule has 9 heteroatoms. The van der Waals surface area contributed by atoms with Crippen LogP contribution < -0.4 is 0 Å². The summed E-state index contributed by atoms with van der Waals surface area (Å²) in [7, 11) is 5.96. The van der Waals surface area contributed by atoms with Gasteiger partial charge in [-0.25, -0.2) is 4.79 Å². The molecule has 0 radical (unpaired) electrons. The monoisotopic (exact) mass is 825 g/mol. The summed E-state index contributed by atoms with van der Waals surface area (Å²) < 4.78 is 22.7.